The second kappa shape index (κ2) is 5.14. The number of halogens is 1. The van der Waals surface area contributed by atoms with E-state index in [1.54, 1.807) is 0 Å². The Labute approximate surface area is 76.3 Å². The lowest BCUT2D eigenvalue weighted by atomic mass is 10.1. The van der Waals surface area contributed by atoms with Gasteiger partial charge in [-0.2, -0.15) is 0 Å². The van der Waals surface area contributed by atoms with Crippen molar-refractivity contribution >= 4 is 5.97 Å². The average molecular weight is 191 g/mol. The van der Waals surface area contributed by atoms with Crippen LogP contribution in [0, 0.1) is 0 Å². The molecule has 1 rings (SSSR count). The van der Waals surface area contributed by atoms with Crippen LogP contribution in [0.15, 0.2) is 0 Å². The van der Waals surface area contributed by atoms with Gasteiger partial charge in [0.05, 0.1) is 19.6 Å². The summed E-state index contributed by atoms with van der Waals surface area (Å²) in [5.74, 6) is -0.862. The highest BCUT2D eigenvalue weighted by Gasteiger charge is 2.24. The van der Waals surface area contributed by atoms with Crippen LogP contribution in [0.4, 0.5) is 4.39 Å². The lowest BCUT2D eigenvalue weighted by Crippen LogP contribution is -2.47. The second-order valence-electron chi connectivity index (χ2n) is 3.05. The minimum absolute atomic E-state index is 0.0278. The minimum atomic E-state index is -0.862. The van der Waals surface area contributed by atoms with E-state index in [9.17, 15) is 9.18 Å². The summed E-state index contributed by atoms with van der Waals surface area (Å²) in [6.45, 7) is 1.46. The van der Waals surface area contributed by atoms with E-state index in [0.29, 0.717) is 26.3 Å². The number of alkyl halides is 1. The van der Waals surface area contributed by atoms with E-state index in [4.69, 9.17) is 9.84 Å². The third kappa shape index (κ3) is 3.28. The molecule has 1 aliphatic rings. The van der Waals surface area contributed by atoms with Crippen LogP contribution in [0.3, 0.4) is 0 Å². The summed E-state index contributed by atoms with van der Waals surface area (Å²) in [5, 5.41) is 8.58. The summed E-state index contributed by atoms with van der Waals surface area (Å²) in [5.41, 5.74) is 0. The Bertz CT molecular complexity index is 175. The number of hydrogen-bond acceptors (Lipinski definition) is 3. The molecule has 0 aromatic rings. The normalized spacial score (nSPS) is 24.5. The molecule has 1 N–H and O–H groups in total. The Morgan fingerprint density at radius 1 is 1.69 bits per heavy atom. The van der Waals surface area contributed by atoms with Crippen LogP contribution in [0.25, 0.3) is 0 Å². The molecule has 1 atom stereocenters. The molecule has 0 amide bonds. The number of nitrogens with zero attached hydrogens (tertiary/aromatic N) is 1. The van der Waals surface area contributed by atoms with E-state index in [2.05, 4.69) is 0 Å². The monoisotopic (exact) mass is 191 g/mol. The van der Waals surface area contributed by atoms with E-state index < -0.39 is 12.6 Å². The number of carboxylic acids is 1. The van der Waals surface area contributed by atoms with Crippen LogP contribution in [-0.2, 0) is 9.53 Å². The van der Waals surface area contributed by atoms with Gasteiger partial charge in [-0.25, -0.2) is 4.39 Å². The molecule has 0 saturated carbocycles. The summed E-state index contributed by atoms with van der Waals surface area (Å²) in [6.07, 6.45) is 0.0278. The molecular formula is C8H14FNO3. The SMILES string of the molecule is O=C(O)CC1COCCN1CCF. The zero-order chi connectivity index (χ0) is 9.68. The van der Waals surface area contributed by atoms with Crippen molar-refractivity contribution < 1.29 is 19.0 Å². The zero-order valence-electron chi connectivity index (χ0n) is 7.41. The van der Waals surface area contributed by atoms with Gasteiger partial charge in [0.15, 0.2) is 0 Å². The fourth-order valence-corrected chi connectivity index (χ4v) is 1.48. The second-order valence-corrected chi connectivity index (χ2v) is 3.05. The maximum Gasteiger partial charge on any atom is 0.305 e. The number of aliphatic carboxylic acids is 1. The topological polar surface area (TPSA) is 49.8 Å². The average Bonchev–Trinajstić information content (AvgIpc) is 2.08. The van der Waals surface area contributed by atoms with Crippen LogP contribution in [-0.4, -0.2) is 55.0 Å². The number of carbonyl (C=O) groups is 1. The molecule has 1 saturated heterocycles. The molecule has 5 heteroatoms. The molecule has 1 fully saturated rings. The zero-order valence-corrected chi connectivity index (χ0v) is 7.41. The van der Waals surface area contributed by atoms with Crippen molar-refractivity contribution in [3.63, 3.8) is 0 Å². The van der Waals surface area contributed by atoms with Gasteiger partial charge in [0.2, 0.25) is 0 Å². The third-order valence-electron chi connectivity index (χ3n) is 2.13. The fourth-order valence-electron chi connectivity index (χ4n) is 1.48. The van der Waals surface area contributed by atoms with Gasteiger partial charge < -0.3 is 9.84 Å². The van der Waals surface area contributed by atoms with Gasteiger partial charge in [0, 0.05) is 19.1 Å². The summed E-state index contributed by atoms with van der Waals surface area (Å²) < 4.78 is 17.2. The number of hydrogen-bond donors (Lipinski definition) is 1. The van der Waals surface area contributed by atoms with Crippen LogP contribution >= 0.6 is 0 Å². The third-order valence-corrected chi connectivity index (χ3v) is 2.13. The highest BCUT2D eigenvalue weighted by atomic mass is 19.1. The Kier molecular flexibility index (Phi) is 4.11. The molecule has 76 valence electrons. The van der Waals surface area contributed by atoms with E-state index in [1.807, 2.05) is 4.90 Å². The molecule has 13 heavy (non-hydrogen) atoms. The number of carboxylic acid groups (broad SMARTS) is 1. The molecule has 0 aliphatic carbocycles. The first-order valence-electron chi connectivity index (χ1n) is 4.33. The first-order chi connectivity index (χ1) is 6.24. The van der Waals surface area contributed by atoms with Crippen LogP contribution in [0.2, 0.25) is 0 Å². The van der Waals surface area contributed by atoms with Crippen molar-refractivity contribution in [1.82, 2.24) is 4.90 Å². The molecule has 4 nitrogen and oxygen atoms in total. The van der Waals surface area contributed by atoms with Crippen molar-refractivity contribution in [3.8, 4) is 0 Å². The van der Waals surface area contributed by atoms with Gasteiger partial charge in [-0.15, -0.1) is 0 Å². The highest BCUT2D eigenvalue weighted by Crippen LogP contribution is 2.09. The van der Waals surface area contributed by atoms with E-state index in [1.165, 1.54) is 0 Å². The first kappa shape index (κ1) is 10.4. The summed E-state index contributed by atoms with van der Waals surface area (Å²) in [6, 6.07) is -0.165. The van der Waals surface area contributed by atoms with E-state index in [0.717, 1.165) is 0 Å². The summed E-state index contributed by atoms with van der Waals surface area (Å²) in [4.78, 5) is 12.3. The summed E-state index contributed by atoms with van der Waals surface area (Å²) in [7, 11) is 0. The van der Waals surface area contributed by atoms with Crippen molar-refractivity contribution in [2.45, 2.75) is 12.5 Å². The minimum Gasteiger partial charge on any atom is -0.481 e. The smallest absolute Gasteiger partial charge is 0.305 e. The molecule has 0 radical (unpaired) electrons. The Morgan fingerprint density at radius 2 is 2.46 bits per heavy atom. The molecule has 1 unspecified atom stereocenters. The number of ether oxygens (including phenoxy) is 1. The quantitative estimate of drug-likeness (QED) is 0.686. The van der Waals surface area contributed by atoms with Crippen LogP contribution in [0.1, 0.15) is 6.42 Å². The Hall–Kier alpha value is -0.680. The standard InChI is InChI=1S/C8H14FNO3/c9-1-2-10-3-4-13-6-7(10)5-8(11)12/h7H,1-6H2,(H,11,12). The Morgan fingerprint density at radius 3 is 3.08 bits per heavy atom. The maximum absolute atomic E-state index is 12.1. The van der Waals surface area contributed by atoms with Crippen LogP contribution < -0.4 is 0 Å². The van der Waals surface area contributed by atoms with Gasteiger partial charge in [-0.3, -0.25) is 9.69 Å². The molecule has 0 aromatic heterocycles. The highest BCUT2D eigenvalue weighted by molar-refractivity contribution is 5.67. The largest absolute Gasteiger partial charge is 0.481 e. The van der Waals surface area contributed by atoms with Crippen molar-refractivity contribution in [2.75, 3.05) is 33.0 Å². The van der Waals surface area contributed by atoms with Gasteiger partial charge in [-0.1, -0.05) is 0 Å². The number of morpholine rings is 1. The van der Waals surface area contributed by atoms with E-state index in [-0.39, 0.29) is 12.5 Å². The predicted molar refractivity (Wildman–Crippen MR) is 44.4 cm³/mol. The molecule has 1 aliphatic heterocycles. The van der Waals surface area contributed by atoms with Crippen molar-refractivity contribution in [2.24, 2.45) is 0 Å². The fraction of sp³-hybridized carbons (Fsp3) is 0.875. The van der Waals surface area contributed by atoms with E-state index >= 15 is 0 Å². The van der Waals surface area contributed by atoms with Gasteiger partial charge in [0.1, 0.15) is 6.67 Å². The first-order valence-corrected chi connectivity index (χ1v) is 4.33. The molecule has 0 spiro atoms. The number of rotatable bonds is 4. The predicted octanol–water partition coefficient (Wildman–Crippen LogP) is 0.131. The summed E-state index contributed by atoms with van der Waals surface area (Å²) >= 11 is 0. The lowest BCUT2D eigenvalue weighted by molar-refractivity contribution is -0.140. The molecule has 0 aromatic carbocycles. The molecule has 0 bridgehead atoms. The van der Waals surface area contributed by atoms with Gasteiger partial charge in [-0.05, 0) is 0 Å². The molecule has 1 heterocycles. The van der Waals surface area contributed by atoms with Gasteiger partial charge in [0.25, 0.3) is 0 Å². The molecular weight excluding hydrogens is 177 g/mol. The van der Waals surface area contributed by atoms with Crippen LogP contribution in [0.5, 0.6) is 0 Å². The van der Waals surface area contributed by atoms with Gasteiger partial charge >= 0.3 is 5.97 Å². The van der Waals surface area contributed by atoms with Crippen molar-refractivity contribution in [3.05, 3.63) is 0 Å². The Balaban J connectivity index is 2.41. The maximum atomic E-state index is 12.1. The lowest BCUT2D eigenvalue weighted by Gasteiger charge is -2.33. The van der Waals surface area contributed by atoms with Crippen molar-refractivity contribution in [1.29, 1.82) is 0 Å².